The van der Waals surface area contributed by atoms with Gasteiger partial charge < -0.3 is 14.2 Å². The van der Waals surface area contributed by atoms with E-state index < -0.39 is 17.6 Å². The second-order valence-electron chi connectivity index (χ2n) is 4.62. The highest BCUT2D eigenvalue weighted by Crippen LogP contribution is 2.37. The normalized spacial score (nSPS) is 12.3. The van der Waals surface area contributed by atoms with E-state index in [1.807, 2.05) is 0 Å². The maximum absolute atomic E-state index is 13.2. The Hall–Kier alpha value is -1.86. The van der Waals surface area contributed by atoms with Gasteiger partial charge in [-0.1, -0.05) is 27.5 Å². The Labute approximate surface area is 143 Å². The highest BCUT2D eigenvalue weighted by molar-refractivity contribution is 9.10. The van der Waals surface area contributed by atoms with E-state index >= 15 is 0 Å². The summed E-state index contributed by atoms with van der Waals surface area (Å²) >= 11 is 9.06. The Morgan fingerprint density at radius 1 is 1.17 bits per heavy atom. The number of esters is 1. The number of hydrogen-bond acceptors (Lipinski definition) is 4. The van der Waals surface area contributed by atoms with Crippen LogP contribution in [-0.4, -0.2) is 12.8 Å². The summed E-state index contributed by atoms with van der Waals surface area (Å²) in [5.41, 5.74) is 0.378. The zero-order valence-electron chi connectivity index (χ0n) is 11.4. The number of halogens is 4. The van der Waals surface area contributed by atoms with Gasteiger partial charge in [-0.15, -0.1) is 0 Å². The summed E-state index contributed by atoms with van der Waals surface area (Å²) in [7, 11) is 0. The van der Waals surface area contributed by atoms with E-state index in [0.29, 0.717) is 27.6 Å². The lowest BCUT2D eigenvalue weighted by Gasteiger charge is -2.09. The number of carbonyl (C=O) groups is 1. The lowest BCUT2D eigenvalue weighted by molar-refractivity contribution is 0.0471. The molecule has 0 spiro atoms. The van der Waals surface area contributed by atoms with Gasteiger partial charge in [0.15, 0.2) is 23.1 Å². The van der Waals surface area contributed by atoms with Crippen LogP contribution in [0.25, 0.3) is 0 Å². The number of ether oxygens (including phenoxy) is 3. The Kier molecular flexibility index (Phi) is 4.41. The monoisotopic (exact) mass is 404 g/mol. The molecular formula is C15H8BrClF2O4. The number of benzene rings is 2. The van der Waals surface area contributed by atoms with Gasteiger partial charge in [-0.3, -0.25) is 0 Å². The molecule has 8 heteroatoms. The molecule has 2 aromatic rings. The van der Waals surface area contributed by atoms with Crippen molar-refractivity contribution in [2.75, 3.05) is 6.79 Å². The van der Waals surface area contributed by atoms with Crippen molar-refractivity contribution >= 4 is 33.5 Å². The van der Waals surface area contributed by atoms with Crippen molar-refractivity contribution in [3.8, 4) is 11.5 Å². The molecule has 0 atom stereocenters. The molecule has 0 saturated heterocycles. The SMILES string of the molecule is O=C(OCc1cc2c(cc1Br)OCO2)c1cc(F)c(F)cc1Cl. The van der Waals surface area contributed by atoms with Crippen molar-refractivity contribution in [2.24, 2.45) is 0 Å². The summed E-state index contributed by atoms with van der Waals surface area (Å²) in [6.07, 6.45) is 0. The van der Waals surface area contributed by atoms with E-state index in [0.717, 1.165) is 6.07 Å². The fourth-order valence-corrected chi connectivity index (χ4v) is 2.63. The predicted molar refractivity (Wildman–Crippen MR) is 80.8 cm³/mol. The van der Waals surface area contributed by atoms with Crippen LogP contribution in [0.2, 0.25) is 5.02 Å². The van der Waals surface area contributed by atoms with Crippen molar-refractivity contribution in [3.63, 3.8) is 0 Å². The van der Waals surface area contributed by atoms with Gasteiger partial charge in [0.05, 0.1) is 10.6 Å². The molecule has 0 N–H and O–H groups in total. The molecule has 0 amide bonds. The first kappa shape index (κ1) is 16.0. The van der Waals surface area contributed by atoms with Crippen LogP contribution in [0.1, 0.15) is 15.9 Å². The molecule has 0 aliphatic carbocycles. The molecular weight excluding hydrogens is 398 g/mol. The standard InChI is InChI=1S/C15H8BrClF2O4/c16-9-3-14-13(22-6-23-14)1-7(9)5-21-15(20)8-2-11(18)12(19)4-10(8)17/h1-4H,5-6H2. The first-order valence-electron chi connectivity index (χ1n) is 6.35. The molecule has 1 aliphatic rings. The Morgan fingerprint density at radius 2 is 1.83 bits per heavy atom. The molecule has 3 rings (SSSR count). The average Bonchev–Trinajstić information content (AvgIpc) is 2.95. The molecule has 1 heterocycles. The third kappa shape index (κ3) is 3.25. The van der Waals surface area contributed by atoms with Crippen molar-refractivity contribution in [1.82, 2.24) is 0 Å². The van der Waals surface area contributed by atoms with Crippen molar-refractivity contribution in [2.45, 2.75) is 6.61 Å². The molecule has 0 unspecified atom stereocenters. The lowest BCUT2D eigenvalue weighted by atomic mass is 10.2. The van der Waals surface area contributed by atoms with Gasteiger partial charge in [-0.25, -0.2) is 13.6 Å². The summed E-state index contributed by atoms with van der Waals surface area (Å²) < 4.78 is 42.4. The summed E-state index contributed by atoms with van der Waals surface area (Å²) in [6.45, 7) is 0.0147. The van der Waals surface area contributed by atoms with Crippen LogP contribution in [-0.2, 0) is 11.3 Å². The summed E-state index contributed by atoms with van der Waals surface area (Å²) in [5.74, 6) is -2.06. The fraction of sp³-hybridized carbons (Fsp3) is 0.133. The van der Waals surface area contributed by atoms with Crippen LogP contribution in [0.5, 0.6) is 11.5 Å². The minimum absolute atomic E-state index is 0.106. The summed E-state index contributed by atoms with van der Waals surface area (Å²) in [4.78, 5) is 12.0. The second-order valence-corrected chi connectivity index (χ2v) is 5.88. The maximum Gasteiger partial charge on any atom is 0.340 e. The van der Waals surface area contributed by atoms with E-state index in [1.54, 1.807) is 12.1 Å². The molecule has 0 bridgehead atoms. The van der Waals surface area contributed by atoms with Crippen molar-refractivity contribution in [1.29, 1.82) is 0 Å². The van der Waals surface area contributed by atoms with Crippen molar-refractivity contribution in [3.05, 3.63) is 56.5 Å². The van der Waals surface area contributed by atoms with Crippen LogP contribution >= 0.6 is 27.5 Å². The molecule has 0 fully saturated rings. The van der Waals surface area contributed by atoms with Crippen LogP contribution in [0.15, 0.2) is 28.7 Å². The zero-order chi connectivity index (χ0) is 16.6. The largest absolute Gasteiger partial charge is 0.457 e. The fourth-order valence-electron chi connectivity index (χ4n) is 1.97. The van der Waals surface area contributed by atoms with E-state index in [-0.39, 0.29) is 24.0 Å². The van der Waals surface area contributed by atoms with Gasteiger partial charge in [0.25, 0.3) is 0 Å². The Bertz CT molecular complexity index is 798. The third-order valence-electron chi connectivity index (χ3n) is 3.13. The molecule has 2 aromatic carbocycles. The topological polar surface area (TPSA) is 44.8 Å². The van der Waals surface area contributed by atoms with Gasteiger partial charge in [-0.2, -0.15) is 0 Å². The first-order chi connectivity index (χ1) is 11.0. The molecule has 1 aliphatic heterocycles. The van der Waals surface area contributed by atoms with E-state index in [9.17, 15) is 13.6 Å². The van der Waals surface area contributed by atoms with Gasteiger partial charge in [0.1, 0.15) is 6.61 Å². The minimum Gasteiger partial charge on any atom is -0.457 e. The number of hydrogen-bond donors (Lipinski definition) is 0. The van der Waals surface area contributed by atoms with E-state index in [1.165, 1.54) is 0 Å². The number of fused-ring (bicyclic) bond motifs is 1. The number of rotatable bonds is 3. The minimum atomic E-state index is -1.18. The Balaban J connectivity index is 1.76. The second kappa shape index (κ2) is 6.33. The predicted octanol–water partition coefficient (Wildman–Crippen LogP) is 4.47. The molecule has 23 heavy (non-hydrogen) atoms. The Morgan fingerprint density at radius 3 is 2.57 bits per heavy atom. The molecule has 4 nitrogen and oxygen atoms in total. The van der Waals surface area contributed by atoms with E-state index in [2.05, 4.69) is 15.9 Å². The van der Waals surface area contributed by atoms with Gasteiger partial charge in [-0.05, 0) is 24.3 Å². The molecule has 0 aromatic heterocycles. The highest BCUT2D eigenvalue weighted by Gasteiger charge is 2.19. The van der Waals surface area contributed by atoms with Crippen LogP contribution < -0.4 is 9.47 Å². The van der Waals surface area contributed by atoms with Crippen LogP contribution in [0, 0.1) is 11.6 Å². The van der Waals surface area contributed by atoms with Crippen LogP contribution in [0.4, 0.5) is 8.78 Å². The number of carbonyl (C=O) groups excluding carboxylic acids is 1. The highest BCUT2D eigenvalue weighted by atomic mass is 79.9. The molecule has 120 valence electrons. The van der Waals surface area contributed by atoms with Gasteiger partial charge in [0, 0.05) is 10.0 Å². The summed E-state index contributed by atoms with van der Waals surface area (Å²) in [5, 5.41) is -0.223. The average molecular weight is 406 g/mol. The van der Waals surface area contributed by atoms with Crippen LogP contribution in [0.3, 0.4) is 0 Å². The van der Waals surface area contributed by atoms with E-state index in [4.69, 9.17) is 25.8 Å². The lowest BCUT2D eigenvalue weighted by Crippen LogP contribution is -2.07. The molecule has 0 saturated carbocycles. The maximum atomic E-state index is 13.2. The quantitative estimate of drug-likeness (QED) is 0.558. The molecule has 0 radical (unpaired) electrons. The smallest absolute Gasteiger partial charge is 0.340 e. The zero-order valence-corrected chi connectivity index (χ0v) is 13.7. The van der Waals surface area contributed by atoms with Gasteiger partial charge >= 0.3 is 5.97 Å². The third-order valence-corrected chi connectivity index (χ3v) is 4.18. The first-order valence-corrected chi connectivity index (χ1v) is 7.52. The van der Waals surface area contributed by atoms with Gasteiger partial charge in [0.2, 0.25) is 6.79 Å². The van der Waals surface area contributed by atoms with Crippen molar-refractivity contribution < 1.29 is 27.8 Å². The summed E-state index contributed by atoms with van der Waals surface area (Å²) in [6, 6.07) is 4.78.